The van der Waals surface area contributed by atoms with E-state index in [0.717, 1.165) is 0 Å². The Bertz CT molecular complexity index is 1060. The Labute approximate surface area is 186 Å². The number of esters is 1. The van der Waals surface area contributed by atoms with Gasteiger partial charge in [-0.1, -0.05) is 11.6 Å². The summed E-state index contributed by atoms with van der Waals surface area (Å²) >= 11 is 6.25. The molecule has 0 aromatic heterocycles. The summed E-state index contributed by atoms with van der Waals surface area (Å²) in [7, 11) is 1.55. The monoisotopic (exact) mass is 444 g/mol. The normalized spacial score (nSPS) is 10.6. The van der Waals surface area contributed by atoms with E-state index in [1.165, 1.54) is 0 Å². The molecule has 0 amide bonds. The SMILES string of the molecule is CCOc1ccc(C(=O)Oc2c(OCC)c(OCC)c(OC)c3ccc(Cl)cc23)cc1. The number of hydrogen-bond donors (Lipinski definition) is 0. The van der Waals surface area contributed by atoms with E-state index in [2.05, 4.69) is 0 Å². The number of hydrogen-bond acceptors (Lipinski definition) is 6. The van der Waals surface area contributed by atoms with Crippen molar-refractivity contribution in [3.63, 3.8) is 0 Å². The number of methoxy groups -OCH3 is 1. The molecule has 0 heterocycles. The van der Waals surface area contributed by atoms with E-state index in [4.69, 9.17) is 35.3 Å². The summed E-state index contributed by atoms with van der Waals surface area (Å²) in [5.41, 5.74) is 0.370. The number of carbonyl (C=O) groups is 1. The second kappa shape index (κ2) is 10.3. The van der Waals surface area contributed by atoms with Crippen LogP contribution in [0, 0.1) is 0 Å². The lowest BCUT2D eigenvalue weighted by atomic mass is 10.1. The second-order valence-electron chi connectivity index (χ2n) is 6.42. The van der Waals surface area contributed by atoms with Gasteiger partial charge in [0.15, 0.2) is 11.5 Å². The van der Waals surface area contributed by atoms with Crippen molar-refractivity contribution < 1.29 is 28.5 Å². The van der Waals surface area contributed by atoms with Gasteiger partial charge in [0.2, 0.25) is 11.5 Å². The molecular weight excluding hydrogens is 420 g/mol. The number of benzene rings is 3. The third kappa shape index (κ3) is 4.80. The van der Waals surface area contributed by atoms with Gasteiger partial charge in [-0.15, -0.1) is 0 Å². The first kappa shape index (κ1) is 22.6. The molecule has 164 valence electrons. The number of carbonyl (C=O) groups excluding carboxylic acids is 1. The average molecular weight is 445 g/mol. The van der Waals surface area contributed by atoms with E-state index in [-0.39, 0.29) is 11.5 Å². The standard InChI is InChI=1S/C24H25ClO6/c1-5-28-17-11-8-15(9-12-17)24(26)31-21-19-14-16(25)10-13-18(19)20(27-4)22(29-6-2)23(21)30-7-3/h8-14H,5-7H2,1-4H3. The zero-order valence-corrected chi connectivity index (χ0v) is 18.7. The van der Waals surface area contributed by atoms with Crippen molar-refractivity contribution in [2.24, 2.45) is 0 Å². The Balaban J connectivity index is 2.15. The van der Waals surface area contributed by atoms with Gasteiger partial charge in [0.05, 0.1) is 32.5 Å². The van der Waals surface area contributed by atoms with Crippen LogP contribution in [-0.2, 0) is 0 Å². The van der Waals surface area contributed by atoms with Crippen molar-refractivity contribution in [1.82, 2.24) is 0 Å². The zero-order chi connectivity index (χ0) is 22.4. The molecule has 0 spiro atoms. The Morgan fingerprint density at radius 1 is 0.774 bits per heavy atom. The van der Waals surface area contributed by atoms with Gasteiger partial charge in [0.25, 0.3) is 0 Å². The summed E-state index contributed by atoms with van der Waals surface area (Å²) < 4.78 is 28.6. The topological polar surface area (TPSA) is 63.2 Å². The molecule has 0 radical (unpaired) electrons. The quantitative estimate of drug-likeness (QED) is 0.301. The van der Waals surface area contributed by atoms with Crippen molar-refractivity contribution in [2.75, 3.05) is 26.9 Å². The first-order chi connectivity index (χ1) is 15.0. The van der Waals surface area contributed by atoms with Gasteiger partial charge in [0, 0.05) is 15.8 Å². The van der Waals surface area contributed by atoms with Crippen molar-refractivity contribution in [1.29, 1.82) is 0 Å². The van der Waals surface area contributed by atoms with Gasteiger partial charge in [0.1, 0.15) is 5.75 Å². The van der Waals surface area contributed by atoms with E-state index in [1.54, 1.807) is 49.6 Å². The fourth-order valence-corrected chi connectivity index (χ4v) is 3.39. The molecule has 0 saturated heterocycles. The van der Waals surface area contributed by atoms with Crippen LogP contribution in [0.3, 0.4) is 0 Å². The minimum absolute atomic E-state index is 0.225. The molecule has 0 unspecified atom stereocenters. The summed E-state index contributed by atoms with van der Waals surface area (Å²) in [6, 6.07) is 12.0. The highest BCUT2D eigenvalue weighted by Gasteiger charge is 2.26. The Morgan fingerprint density at radius 2 is 1.39 bits per heavy atom. The molecule has 3 rings (SSSR count). The van der Waals surface area contributed by atoms with Crippen LogP contribution in [-0.4, -0.2) is 32.9 Å². The minimum atomic E-state index is -0.544. The largest absolute Gasteiger partial charge is 0.494 e. The molecule has 7 heteroatoms. The maximum atomic E-state index is 13.0. The highest BCUT2D eigenvalue weighted by molar-refractivity contribution is 6.31. The maximum absolute atomic E-state index is 13.0. The first-order valence-corrected chi connectivity index (χ1v) is 10.5. The average Bonchev–Trinajstić information content (AvgIpc) is 2.77. The molecule has 0 bridgehead atoms. The van der Waals surface area contributed by atoms with Crippen LogP contribution in [0.2, 0.25) is 5.02 Å². The second-order valence-corrected chi connectivity index (χ2v) is 6.86. The molecular formula is C24H25ClO6. The van der Waals surface area contributed by atoms with Crippen LogP contribution in [0.1, 0.15) is 31.1 Å². The van der Waals surface area contributed by atoms with E-state index in [1.807, 2.05) is 20.8 Å². The highest BCUT2D eigenvalue weighted by Crippen LogP contribution is 2.52. The maximum Gasteiger partial charge on any atom is 0.343 e. The molecule has 0 aliphatic heterocycles. The lowest BCUT2D eigenvalue weighted by Gasteiger charge is -2.20. The molecule has 0 aliphatic rings. The van der Waals surface area contributed by atoms with Crippen LogP contribution in [0.15, 0.2) is 42.5 Å². The van der Waals surface area contributed by atoms with Crippen molar-refractivity contribution in [3.8, 4) is 28.7 Å². The summed E-state index contributed by atoms with van der Waals surface area (Å²) in [5, 5.41) is 1.75. The van der Waals surface area contributed by atoms with Crippen molar-refractivity contribution in [2.45, 2.75) is 20.8 Å². The number of fused-ring (bicyclic) bond motifs is 1. The molecule has 0 atom stereocenters. The predicted octanol–water partition coefficient (Wildman–Crippen LogP) is 5.92. The summed E-state index contributed by atoms with van der Waals surface area (Å²) in [6.45, 7) is 6.84. The van der Waals surface area contributed by atoms with Gasteiger partial charge in [-0.3, -0.25) is 0 Å². The molecule has 6 nitrogen and oxygen atoms in total. The van der Waals surface area contributed by atoms with Gasteiger partial charge >= 0.3 is 5.97 Å². The molecule has 0 N–H and O–H groups in total. The van der Waals surface area contributed by atoms with Gasteiger partial charge in [-0.25, -0.2) is 4.79 Å². The number of halogens is 1. The van der Waals surface area contributed by atoms with Crippen LogP contribution in [0.4, 0.5) is 0 Å². The predicted molar refractivity (Wildman–Crippen MR) is 120 cm³/mol. The van der Waals surface area contributed by atoms with Crippen molar-refractivity contribution in [3.05, 3.63) is 53.1 Å². The van der Waals surface area contributed by atoms with E-state index in [9.17, 15) is 4.79 Å². The smallest absolute Gasteiger partial charge is 0.343 e. The van der Waals surface area contributed by atoms with Gasteiger partial charge < -0.3 is 23.7 Å². The first-order valence-electron chi connectivity index (χ1n) is 10.1. The van der Waals surface area contributed by atoms with Crippen LogP contribution >= 0.6 is 11.6 Å². The third-order valence-electron chi connectivity index (χ3n) is 4.47. The molecule has 31 heavy (non-hydrogen) atoms. The van der Waals surface area contributed by atoms with E-state index < -0.39 is 5.97 Å². The third-order valence-corrected chi connectivity index (χ3v) is 4.70. The lowest BCUT2D eigenvalue weighted by molar-refractivity contribution is 0.0730. The fourth-order valence-electron chi connectivity index (χ4n) is 3.21. The molecule has 3 aromatic rings. The molecule has 3 aromatic carbocycles. The van der Waals surface area contributed by atoms with Crippen LogP contribution < -0.4 is 23.7 Å². The highest BCUT2D eigenvalue weighted by atomic mass is 35.5. The van der Waals surface area contributed by atoms with Crippen molar-refractivity contribution >= 4 is 28.3 Å². The summed E-state index contributed by atoms with van der Waals surface area (Å²) in [4.78, 5) is 13.0. The fraction of sp³-hybridized carbons (Fsp3) is 0.292. The van der Waals surface area contributed by atoms with E-state index in [0.29, 0.717) is 58.4 Å². The van der Waals surface area contributed by atoms with Crippen LogP contribution in [0.25, 0.3) is 10.8 Å². The number of rotatable bonds is 9. The Morgan fingerprint density at radius 3 is 1.97 bits per heavy atom. The van der Waals surface area contributed by atoms with Gasteiger partial charge in [-0.05, 0) is 63.2 Å². The van der Waals surface area contributed by atoms with E-state index >= 15 is 0 Å². The summed E-state index contributed by atoms with van der Waals surface area (Å²) in [6.07, 6.45) is 0. The zero-order valence-electron chi connectivity index (χ0n) is 18.0. The van der Waals surface area contributed by atoms with Crippen LogP contribution in [0.5, 0.6) is 28.7 Å². The Hall–Kier alpha value is -3.12. The molecule has 0 saturated carbocycles. The minimum Gasteiger partial charge on any atom is -0.494 e. The summed E-state index contributed by atoms with van der Waals surface area (Å²) in [5.74, 6) is 1.50. The molecule has 0 aliphatic carbocycles. The Kier molecular flexibility index (Phi) is 7.47. The lowest BCUT2D eigenvalue weighted by Crippen LogP contribution is -2.11. The van der Waals surface area contributed by atoms with Gasteiger partial charge in [-0.2, -0.15) is 0 Å². The molecule has 0 fully saturated rings. The number of ether oxygens (including phenoxy) is 5.